The molecule has 1 saturated heterocycles. The largest absolute Gasteiger partial charge is 0.331 e. The van der Waals surface area contributed by atoms with Gasteiger partial charge in [-0.1, -0.05) is 12.1 Å². The highest BCUT2D eigenvalue weighted by Gasteiger charge is 2.30. The number of carbonyl (C=O) groups excluding carboxylic acids is 2. The van der Waals surface area contributed by atoms with Crippen LogP contribution in [-0.4, -0.2) is 30.4 Å². The van der Waals surface area contributed by atoms with E-state index >= 15 is 0 Å². The van der Waals surface area contributed by atoms with E-state index in [0.717, 1.165) is 5.56 Å². The van der Waals surface area contributed by atoms with Crippen LogP contribution in [0.15, 0.2) is 24.3 Å². The summed E-state index contributed by atoms with van der Waals surface area (Å²) in [5.74, 6) is -0.165. The van der Waals surface area contributed by atoms with E-state index in [1.54, 1.807) is 25.2 Å². The van der Waals surface area contributed by atoms with Crippen molar-refractivity contribution in [1.29, 1.82) is 0 Å². The third kappa shape index (κ3) is 2.14. The second kappa shape index (κ2) is 4.55. The molecule has 1 aliphatic rings. The van der Waals surface area contributed by atoms with Crippen molar-refractivity contribution >= 4 is 17.6 Å². The van der Waals surface area contributed by atoms with E-state index in [-0.39, 0.29) is 11.9 Å². The molecule has 17 heavy (non-hydrogen) atoms. The molecular weight excluding hydrogens is 218 g/mol. The van der Waals surface area contributed by atoms with Gasteiger partial charge in [0.05, 0.1) is 5.69 Å². The minimum atomic E-state index is -0.282. The molecule has 90 valence electrons. The smallest absolute Gasteiger partial charge is 0.327 e. The maximum atomic E-state index is 11.9. The molecule has 1 fully saturated rings. The maximum Gasteiger partial charge on any atom is 0.331 e. The Morgan fingerprint density at radius 2 is 2.12 bits per heavy atom. The zero-order valence-corrected chi connectivity index (χ0v) is 9.72. The van der Waals surface area contributed by atoms with E-state index in [1.807, 2.05) is 6.07 Å². The number of rotatable bonds is 2. The number of hydrogen-bond donors (Lipinski definition) is 1. The molecule has 0 unspecified atom stereocenters. The summed E-state index contributed by atoms with van der Waals surface area (Å²) in [5, 5.41) is 0. The average molecular weight is 233 g/mol. The van der Waals surface area contributed by atoms with Crippen LogP contribution < -0.4 is 10.6 Å². The molecule has 1 heterocycles. The van der Waals surface area contributed by atoms with Gasteiger partial charge in [-0.2, -0.15) is 0 Å². The average Bonchev–Trinajstić information content (AvgIpc) is 2.35. The number of imide groups is 1. The molecule has 1 aliphatic heterocycles. The van der Waals surface area contributed by atoms with Gasteiger partial charge in [0.25, 0.3) is 0 Å². The molecule has 5 heteroatoms. The summed E-state index contributed by atoms with van der Waals surface area (Å²) < 4.78 is 0. The molecule has 0 spiro atoms. The number of anilines is 1. The highest BCUT2D eigenvalue weighted by atomic mass is 16.2. The number of hydrogen-bond acceptors (Lipinski definition) is 3. The number of amides is 3. The Balaban J connectivity index is 2.36. The minimum Gasteiger partial charge on any atom is -0.327 e. The van der Waals surface area contributed by atoms with E-state index in [2.05, 4.69) is 0 Å². The Kier molecular flexibility index (Phi) is 3.10. The van der Waals surface area contributed by atoms with Gasteiger partial charge in [-0.05, 0) is 17.7 Å². The fraction of sp³-hybridized carbons (Fsp3) is 0.333. The number of nitrogens with zero attached hydrogens (tertiary/aromatic N) is 2. The SMILES string of the molecule is CN1CCC(=O)N(c2cccc(CN)c2)C1=O. The van der Waals surface area contributed by atoms with Gasteiger partial charge < -0.3 is 10.6 Å². The van der Waals surface area contributed by atoms with Crippen molar-refractivity contribution in [2.75, 3.05) is 18.5 Å². The second-order valence-electron chi connectivity index (χ2n) is 4.06. The first-order valence-corrected chi connectivity index (χ1v) is 5.50. The highest BCUT2D eigenvalue weighted by molar-refractivity contribution is 6.15. The molecule has 5 nitrogen and oxygen atoms in total. The Hall–Kier alpha value is -1.88. The van der Waals surface area contributed by atoms with Crippen LogP contribution in [0.5, 0.6) is 0 Å². The first-order chi connectivity index (χ1) is 8.13. The first-order valence-electron chi connectivity index (χ1n) is 5.50. The lowest BCUT2D eigenvalue weighted by Gasteiger charge is -2.31. The van der Waals surface area contributed by atoms with Crippen LogP contribution in [-0.2, 0) is 11.3 Å². The first kappa shape index (κ1) is 11.6. The molecule has 0 atom stereocenters. The van der Waals surface area contributed by atoms with Gasteiger partial charge in [0.2, 0.25) is 5.91 Å². The summed E-state index contributed by atoms with van der Waals surface area (Å²) in [4.78, 5) is 26.5. The van der Waals surface area contributed by atoms with E-state index in [4.69, 9.17) is 5.73 Å². The fourth-order valence-electron chi connectivity index (χ4n) is 1.83. The van der Waals surface area contributed by atoms with Gasteiger partial charge in [0.1, 0.15) is 0 Å². The van der Waals surface area contributed by atoms with E-state index < -0.39 is 0 Å². The molecule has 2 rings (SSSR count). The summed E-state index contributed by atoms with van der Waals surface area (Å²) >= 11 is 0. The Bertz CT molecular complexity index is 459. The highest BCUT2D eigenvalue weighted by Crippen LogP contribution is 2.21. The standard InChI is InChI=1S/C12H15N3O2/c1-14-6-5-11(16)15(12(14)17)10-4-2-3-9(7-10)8-13/h2-4,7H,5-6,8,13H2,1H3. The number of nitrogens with two attached hydrogens (primary N) is 1. The van der Waals surface area contributed by atoms with E-state index in [9.17, 15) is 9.59 Å². The monoisotopic (exact) mass is 233 g/mol. The van der Waals surface area contributed by atoms with Crippen molar-refractivity contribution in [3.63, 3.8) is 0 Å². The van der Waals surface area contributed by atoms with Gasteiger partial charge in [-0.25, -0.2) is 9.69 Å². The van der Waals surface area contributed by atoms with Crippen LogP contribution in [0.4, 0.5) is 10.5 Å². The third-order valence-electron chi connectivity index (χ3n) is 2.83. The number of carbonyl (C=O) groups is 2. The van der Waals surface area contributed by atoms with Crippen molar-refractivity contribution in [2.45, 2.75) is 13.0 Å². The molecule has 0 aliphatic carbocycles. The Morgan fingerprint density at radius 3 is 2.82 bits per heavy atom. The minimum absolute atomic E-state index is 0.165. The lowest BCUT2D eigenvalue weighted by atomic mass is 10.1. The molecule has 0 bridgehead atoms. The van der Waals surface area contributed by atoms with E-state index in [1.165, 1.54) is 9.80 Å². The lowest BCUT2D eigenvalue weighted by molar-refractivity contribution is -0.119. The molecule has 3 amide bonds. The van der Waals surface area contributed by atoms with Gasteiger partial charge in [0, 0.05) is 26.6 Å². The summed E-state index contributed by atoms with van der Waals surface area (Å²) in [5.41, 5.74) is 7.04. The predicted molar refractivity (Wildman–Crippen MR) is 64.5 cm³/mol. The molecule has 0 aromatic heterocycles. The topological polar surface area (TPSA) is 66.6 Å². The molecular formula is C12H15N3O2. The third-order valence-corrected chi connectivity index (χ3v) is 2.83. The molecule has 1 aromatic rings. The van der Waals surface area contributed by atoms with Crippen molar-refractivity contribution in [1.82, 2.24) is 4.90 Å². The lowest BCUT2D eigenvalue weighted by Crippen LogP contribution is -2.50. The predicted octanol–water partition coefficient (Wildman–Crippen LogP) is 0.934. The van der Waals surface area contributed by atoms with E-state index in [0.29, 0.717) is 25.2 Å². The Morgan fingerprint density at radius 1 is 1.35 bits per heavy atom. The van der Waals surface area contributed by atoms with Crippen LogP contribution in [0.3, 0.4) is 0 Å². The van der Waals surface area contributed by atoms with Crippen LogP contribution in [0.2, 0.25) is 0 Å². The molecule has 1 aromatic carbocycles. The molecule has 0 radical (unpaired) electrons. The van der Waals surface area contributed by atoms with Crippen molar-refractivity contribution < 1.29 is 9.59 Å². The summed E-state index contributed by atoms with van der Waals surface area (Å²) in [7, 11) is 1.69. The summed E-state index contributed by atoms with van der Waals surface area (Å²) in [6.07, 6.45) is 0.356. The van der Waals surface area contributed by atoms with Crippen molar-refractivity contribution in [3.05, 3.63) is 29.8 Å². The molecule has 0 saturated carbocycles. The molecule has 2 N–H and O–H groups in total. The zero-order chi connectivity index (χ0) is 12.4. The maximum absolute atomic E-state index is 11.9. The van der Waals surface area contributed by atoms with Crippen LogP contribution in [0.1, 0.15) is 12.0 Å². The van der Waals surface area contributed by atoms with Crippen LogP contribution in [0.25, 0.3) is 0 Å². The summed E-state index contributed by atoms with van der Waals surface area (Å²) in [6, 6.07) is 6.90. The van der Waals surface area contributed by atoms with Gasteiger partial charge in [-0.15, -0.1) is 0 Å². The summed E-state index contributed by atoms with van der Waals surface area (Å²) in [6.45, 7) is 0.866. The normalized spacial score (nSPS) is 16.6. The fourth-order valence-corrected chi connectivity index (χ4v) is 1.83. The van der Waals surface area contributed by atoms with Crippen molar-refractivity contribution in [3.8, 4) is 0 Å². The quantitative estimate of drug-likeness (QED) is 0.826. The Labute approximate surface area is 99.8 Å². The van der Waals surface area contributed by atoms with Crippen LogP contribution >= 0.6 is 0 Å². The second-order valence-corrected chi connectivity index (χ2v) is 4.06. The number of benzene rings is 1. The van der Waals surface area contributed by atoms with Gasteiger partial charge in [-0.3, -0.25) is 4.79 Å². The van der Waals surface area contributed by atoms with Gasteiger partial charge >= 0.3 is 6.03 Å². The zero-order valence-electron chi connectivity index (χ0n) is 9.72. The number of urea groups is 1. The van der Waals surface area contributed by atoms with Gasteiger partial charge in [0.15, 0.2) is 0 Å². The van der Waals surface area contributed by atoms with Crippen LogP contribution in [0, 0.1) is 0 Å². The van der Waals surface area contributed by atoms with Crippen molar-refractivity contribution in [2.24, 2.45) is 5.73 Å².